The highest BCUT2D eigenvalue weighted by Gasteiger charge is 2.33. The zero-order chi connectivity index (χ0) is 14.8. The molecule has 0 aliphatic carbocycles. The number of ether oxygens (including phenoxy) is 1. The van der Waals surface area contributed by atoms with Crippen LogP contribution in [0.2, 0.25) is 0 Å². The van der Waals surface area contributed by atoms with Gasteiger partial charge in [0.25, 0.3) is 0 Å². The largest absolute Gasteiger partial charge is 0.465 e. The Hall–Kier alpha value is -2.30. The van der Waals surface area contributed by atoms with E-state index in [4.69, 9.17) is 0 Å². The molecule has 0 bridgehead atoms. The van der Waals surface area contributed by atoms with Gasteiger partial charge in [0.05, 0.1) is 18.2 Å². The van der Waals surface area contributed by atoms with Crippen molar-refractivity contribution < 1.29 is 22.7 Å². The lowest BCUT2D eigenvalue weighted by molar-refractivity contribution is -0.137. The van der Waals surface area contributed by atoms with Crippen molar-refractivity contribution >= 4 is 5.97 Å². The summed E-state index contributed by atoms with van der Waals surface area (Å²) in [5.74, 6) is -0.587. The maximum Gasteiger partial charge on any atom is 0.417 e. The van der Waals surface area contributed by atoms with Crippen molar-refractivity contribution in [1.82, 2.24) is 0 Å². The summed E-state index contributed by atoms with van der Waals surface area (Å²) in [6, 6.07) is 11.2. The fraction of sp³-hybridized carbons (Fsp3) is 0.133. The van der Waals surface area contributed by atoms with Crippen LogP contribution in [-0.2, 0) is 10.9 Å². The van der Waals surface area contributed by atoms with E-state index >= 15 is 0 Å². The lowest BCUT2D eigenvalue weighted by Crippen LogP contribution is -2.07. The molecular formula is C15H11F3O2. The van der Waals surface area contributed by atoms with Gasteiger partial charge in [-0.15, -0.1) is 0 Å². The smallest absolute Gasteiger partial charge is 0.417 e. The number of halogens is 3. The van der Waals surface area contributed by atoms with Crippen LogP contribution in [0.1, 0.15) is 15.9 Å². The molecule has 2 aromatic carbocycles. The molecule has 5 heteroatoms. The molecule has 2 rings (SSSR count). The minimum absolute atomic E-state index is 0.0331. The van der Waals surface area contributed by atoms with E-state index in [-0.39, 0.29) is 11.1 Å². The third-order valence-electron chi connectivity index (χ3n) is 2.83. The summed E-state index contributed by atoms with van der Waals surface area (Å²) in [5.41, 5.74) is -0.171. The zero-order valence-electron chi connectivity index (χ0n) is 10.6. The van der Waals surface area contributed by atoms with Crippen LogP contribution < -0.4 is 0 Å². The summed E-state index contributed by atoms with van der Waals surface area (Å²) in [7, 11) is 1.22. The van der Waals surface area contributed by atoms with Crippen molar-refractivity contribution in [2.75, 3.05) is 7.11 Å². The standard InChI is InChI=1S/C15H11F3O2/c1-20-14(19)11-6-4-5-10(9-11)12-7-2-3-8-13(12)15(16,17)18/h2-9H,1H3. The maximum absolute atomic E-state index is 13.0. The molecule has 0 aliphatic rings. The normalized spacial score (nSPS) is 11.2. The molecule has 0 aliphatic heterocycles. The van der Waals surface area contributed by atoms with E-state index in [2.05, 4.69) is 4.74 Å². The minimum Gasteiger partial charge on any atom is -0.465 e. The third-order valence-corrected chi connectivity index (χ3v) is 2.83. The van der Waals surface area contributed by atoms with Gasteiger partial charge in [-0.05, 0) is 29.3 Å². The van der Waals surface area contributed by atoms with Crippen LogP contribution >= 0.6 is 0 Å². The summed E-state index contributed by atoms with van der Waals surface area (Å²) in [4.78, 5) is 11.4. The number of methoxy groups -OCH3 is 1. The van der Waals surface area contributed by atoms with Crippen molar-refractivity contribution in [3.63, 3.8) is 0 Å². The van der Waals surface area contributed by atoms with Crippen molar-refractivity contribution in [3.05, 3.63) is 59.7 Å². The first-order chi connectivity index (χ1) is 9.43. The van der Waals surface area contributed by atoms with Crippen molar-refractivity contribution in [1.29, 1.82) is 0 Å². The number of carbonyl (C=O) groups is 1. The monoisotopic (exact) mass is 280 g/mol. The quantitative estimate of drug-likeness (QED) is 0.772. The first-order valence-electron chi connectivity index (χ1n) is 5.78. The lowest BCUT2D eigenvalue weighted by atomic mass is 9.98. The van der Waals surface area contributed by atoms with Gasteiger partial charge < -0.3 is 4.74 Å². The summed E-state index contributed by atoms with van der Waals surface area (Å²) in [6.07, 6.45) is -4.45. The fourth-order valence-electron chi connectivity index (χ4n) is 1.91. The summed E-state index contributed by atoms with van der Waals surface area (Å²) < 4.78 is 43.5. The summed E-state index contributed by atoms with van der Waals surface area (Å²) >= 11 is 0. The van der Waals surface area contributed by atoms with Gasteiger partial charge in [0, 0.05) is 0 Å². The van der Waals surface area contributed by atoms with E-state index in [0.29, 0.717) is 5.56 Å². The minimum atomic E-state index is -4.45. The van der Waals surface area contributed by atoms with E-state index in [1.807, 2.05) is 0 Å². The first kappa shape index (κ1) is 14.1. The molecule has 0 unspecified atom stereocenters. The van der Waals surface area contributed by atoms with Crippen molar-refractivity contribution in [3.8, 4) is 11.1 Å². The van der Waals surface area contributed by atoms with E-state index in [1.165, 1.54) is 49.6 Å². The molecule has 0 saturated heterocycles. The molecule has 0 saturated carbocycles. The Morgan fingerprint density at radius 1 is 1.05 bits per heavy atom. The van der Waals surface area contributed by atoms with Crippen LogP contribution in [0.4, 0.5) is 13.2 Å². The Bertz CT molecular complexity index is 633. The number of alkyl halides is 3. The van der Waals surface area contributed by atoms with Gasteiger partial charge in [-0.1, -0.05) is 30.3 Å². The van der Waals surface area contributed by atoms with Crippen LogP contribution in [0.5, 0.6) is 0 Å². The third kappa shape index (κ3) is 2.82. The van der Waals surface area contributed by atoms with Crippen LogP contribution in [0, 0.1) is 0 Å². The molecule has 2 aromatic rings. The van der Waals surface area contributed by atoms with Gasteiger partial charge >= 0.3 is 12.1 Å². The molecular weight excluding hydrogens is 269 g/mol. The number of rotatable bonds is 2. The molecule has 0 radical (unpaired) electrons. The van der Waals surface area contributed by atoms with Gasteiger partial charge in [-0.25, -0.2) is 4.79 Å². The lowest BCUT2D eigenvalue weighted by Gasteiger charge is -2.13. The first-order valence-corrected chi connectivity index (χ1v) is 5.78. The van der Waals surface area contributed by atoms with Crippen molar-refractivity contribution in [2.24, 2.45) is 0 Å². The molecule has 2 nitrogen and oxygen atoms in total. The number of hydrogen-bond acceptors (Lipinski definition) is 2. The number of benzene rings is 2. The van der Waals surface area contributed by atoms with Gasteiger partial charge in [0.15, 0.2) is 0 Å². The predicted molar refractivity (Wildman–Crippen MR) is 68.2 cm³/mol. The Morgan fingerprint density at radius 3 is 2.40 bits per heavy atom. The Balaban J connectivity index is 2.55. The van der Waals surface area contributed by atoms with E-state index < -0.39 is 17.7 Å². The Labute approximate surface area is 113 Å². The molecule has 0 heterocycles. The SMILES string of the molecule is COC(=O)c1cccc(-c2ccccc2C(F)(F)F)c1. The van der Waals surface area contributed by atoms with E-state index in [0.717, 1.165) is 6.07 Å². The molecule has 0 N–H and O–H groups in total. The van der Waals surface area contributed by atoms with Gasteiger partial charge in [-0.3, -0.25) is 0 Å². The molecule has 0 amide bonds. The fourth-order valence-corrected chi connectivity index (χ4v) is 1.91. The molecule has 0 atom stereocenters. The zero-order valence-corrected chi connectivity index (χ0v) is 10.6. The van der Waals surface area contributed by atoms with E-state index in [1.54, 1.807) is 0 Å². The van der Waals surface area contributed by atoms with Gasteiger partial charge in [0.1, 0.15) is 0 Å². The topological polar surface area (TPSA) is 26.3 Å². The van der Waals surface area contributed by atoms with E-state index in [9.17, 15) is 18.0 Å². The summed E-state index contributed by atoms with van der Waals surface area (Å²) in [5, 5.41) is 0. The van der Waals surface area contributed by atoms with Crippen LogP contribution in [0.15, 0.2) is 48.5 Å². The second-order valence-electron chi connectivity index (χ2n) is 4.12. The van der Waals surface area contributed by atoms with Crippen LogP contribution in [0.25, 0.3) is 11.1 Å². The predicted octanol–water partition coefficient (Wildman–Crippen LogP) is 4.16. The number of hydrogen-bond donors (Lipinski definition) is 0. The number of carbonyl (C=O) groups excluding carboxylic acids is 1. The van der Waals surface area contributed by atoms with Gasteiger partial charge in [-0.2, -0.15) is 13.2 Å². The molecule has 0 aromatic heterocycles. The highest BCUT2D eigenvalue weighted by atomic mass is 19.4. The summed E-state index contributed by atoms with van der Waals surface area (Å²) in [6.45, 7) is 0. The molecule has 20 heavy (non-hydrogen) atoms. The van der Waals surface area contributed by atoms with Crippen molar-refractivity contribution in [2.45, 2.75) is 6.18 Å². The maximum atomic E-state index is 13.0. The molecule has 104 valence electrons. The average molecular weight is 280 g/mol. The Morgan fingerprint density at radius 2 is 1.75 bits per heavy atom. The molecule has 0 fully saturated rings. The average Bonchev–Trinajstić information content (AvgIpc) is 2.45. The second-order valence-corrected chi connectivity index (χ2v) is 4.12. The van der Waals surface area contributed by atoms with Crippen LogP contribution in [0.3, 0.4) is 0 Å². The Kier molecular flexibility index (Phi) is 3.79. The highest BCUT2D eigenvalue weighted by Crippen LogP contribution is 2.37. The second kappa shape index (κ2) is 5.36. The van der Waals surface area contributed by atoms with Gasteiger partial charge in [0.2, 0.25) is 0 Å². The molecule has 0 spiro atoms. The van der Waals surface area contributed by atoms with Crippen LogP contribution in [-0.4, -0.2) is 13.1 Å². The number of esters is 1. The highest BCUT2D eigenvalue weighted by molar-refractivity contribution is 5.91.